The van der Waals surface area contributed by atoms with Crippen molar-refractivity contribution in [3.05, 3.63) is 85.7 Å². The normalized spacial score (nSPS) is 11.9. The number of nitrogens with one attached hydrogen (secondary N) is 1. The maximum Gasteiger partial charge on any atom is 0.269 e. The molecule has 0 saturated heterocycles. The number of hydrogen-bond acceptors (Lipinski definition) is 6. The highest BCUT2D eigenvalue weighted by molar-refractivity contribution is 7.17. The van der Waals surface area contributed by atoms with E-state index in [2.05, 4.69) is 10.3 Å². The predicted octanol–water partition coefficient (Wildman–Crippen LogP) is 4.89. The Bertz CT molecular complexity index is 1350. The van der Waals surface area contributed by atoms with Crippen molar-refractivity contribution in [3.8, 4) is 11.1 Å². The van der Waals surface area contributed by atoms with E-state index >= 15 is 0 Å². The Morgan fingerprint density at radius 2 is 1.87 bits per heavy atom. The lowest BCUT2D eigenvalue weighted by Gasteiger charge is -2.15. The first kappa shape index (κ1) is 20.7. The number of nitrogens with zero attached hydrogens (tertiary/aromatic N) is 3. The summed E-state index contributed by atoms with van der Waals surface area (Å²) in [7, 11) is 0. The number of carbonyl (C=O) groups is 1. The summed E-state index contributed by atoms with van der Waals surface area (Å²) in [6.07, 6.45) is 1.35. The molecule has 0 unspecified atom stereocenters. The monoisotopic (exact) mass is 454 g/mol. The minimum atomic E-state index is -0.815. The van der Waals surface area contributed by atoms with Crippen LogP contribution in [-0.2, 0) is 4.79 Å². The first-order valence-corrected chi connectivity index (χ1v) is 10.4. The number of carbonyl (C=O) groups excluding carboxylic acids is 1. The molecule has 0 aliphatic rings. The first-order valence-electron chi connectivity index (χ1n) is 9.15. The van der Waals surface area contributed by atoms with E-state index in [1.165, 1.54) is 34.4 Å². The van der Waals surface area contributed by atoms with Crippen molar-refractivity contribution in [2.24, 2.45) is 0 Å². The quantitative estimate of drug-likeness (QED) is 0.341. The number of fused-ring (bicyclic) bond motifs is 1. The van der Waals surface area contributed by atoms with Crippen molar-refractivity contribution in [1.29, 1.82) is 0 Å². The van der Waals surface area contributed by atoms with E-state index in [0.717, 1.165) is 0 Å². The molecule has 0 spiro atoms. The molecular weight excluding hydrogens is 440 g/mol. The number of benzene rings is 2. The SMILES string of the molecule is C[C@H](C(=O)Nc1ccc(Cl)cc1)n1cnc2scc(-c3ccc([N+](=O)[O-])cc3)c2c1=O. The van der Waals surface area contributed by atoms with Crippen LogP contribution in [0.3, 0.4) is 0 Å². The lowest BCUT2D eigenvalue weighted by molar-refractivity contribution is -0.384. The zero-order valence-electron chi connectivity index (χ0n) is 16.1. The van der Waals surface area contributed by atoms with E-state index in [-0.39, 0.29) is 17.2 Å². The van der Waals surface area contributed by atoms with Crippen LogP contribution in [0.25, 0.3) is 21.3 Å². The number of hydrogen-bond donors (Lipinski definition) is 1. The van der Waals surface area contributed by atoms with E-state index < -0.39 is 11.0 Å². The molecule has 2 heterocycles. The molecule has 10 heteroatoms. The van der Waals surface area contributed by atoms with Crippen molar-refractivity contribution < 1.29 is 9.72 Å². The van der Waals surface area contributed by atoms with Gasteiger partial charge >= 0.3 is 0 Å². The molecule has 4 aromatic rings. The van der Waals surface area contributed by atoms with Gasteiger partial charge in [0, 0.05) is 33.8 Å². The van der Waals surface area contributed by atoms with Gasteiger partial charge in [0.2, 0.25) is 5.91 Å². The maximum atomic E-state index is 13.2. The Kier molecular flexibility index (Phi) is 5.53. The third kappa shape index (κ3) is 4.05. The van der Waals surface area contributed by atoms with E-state index in [1.807, 2.05) is 0 Å². The number of halogens is 1. The van der Waals surface area contributed by atoms with Crippen molar-refractivity contribution in [2.45, 2.75) is 13.0 Å². The van der Waals surface area contributed by atoms with Crippen LogP contribution in [0.15, 0.2) is 65.0 Å². The van der Waals surface area contributed by atoms with Gasteiger partial charge in [0.05, 0.1) is 16.6 Å². The highest BCUT2D eigenvalue weighted by Gasteiger charge is 2.20. The highest BCUT2D eigenvalue weighted by atomic mass is 35.5. The lowest BCUT2D eigenvalue weighted by Crippen LogP contribution is -2.31. The molecular formula is C21H15ClN4O4S. The smallest absolute Gasteiger partial charge is 0.269 e. The third-order valence-electron chi connectivity index (χ3n) is 4.82. The standard InChI is InChI=1S/C21H15ClN4O4S/c1-12(19(27)24-15-6-4-14(22)5-7-15)25-11-23-20-18(21(25)28)17(10-31-20)13-2-8-16(9-3-13)26(29)30/h2-12H,1H3,(H,24,27)/t12-/m1/s1. The van der Waals surface area contributed by atoms with Crippen LogP contribution in [0.4, 0.5) is 11.4 Å². The van der Waals surface area contributed by atoms with Crippen LogP contribution in [0, 0.1) is 10.1 Å². The third-order valence-corrected chi connectivity index (χ3v) is 5.96. The summed E-state index contributed by atoms with van der Waals surface area (Å²) in [5.74, 6) is -0.377. The summed E-state index contributed by atoms with van der Waals surface area (Å²) in [6, 6.07) is 11.8. The fourth-order valence-electron chi connectivity index (χ4n) is 3.10. The number of rotatable bonds is 5. The fourth-order valence-corrected chi connectivity index (χ4v) is 4.14. The van der Waals surface area contributed by atoms with Crippen LogP contribution < -0.4 is 10.9 Å². The van der Waals surface area contributed by atoms with Crippen LogP contribution >= 0.6 is 22.9 Å². The second-order valence-electron chi connectivity index (χ2n) is 6.76. The summed E-state index contributed by atoms with van der Waals surface area (Å²) in [5.41, 5.74) is 1.44. The van der Waals surface area contributed by atoms with Gasteiger partial charge in [0.1, 0.15) is 10.9 Å². The summed E-state index contributed by atoms with van der Waals surface area (Å²) < 4.78 is 1.27. The minimum Gasteiger partial charge on any atom is -0.324 e. The van der Waals surface area contributed by atoms with E-state index in [1.54, 1.807) is 48.7 Å². The molecule has 31 heavy (non-hydrogen) atoms. The van der Waals surface area contributed by atoms with Crippen molar-refractivity contribution in [1.82, 2.24) is 9.55 Å². The molecule has 2 aromatic carbocycles. The van der Waals surface area contributed by atoms with E-state index in [9.17, 15) is 19.7 Å². The van der Waals surface area contributed by atoms with E-state index in [0.29, 0.717) is 32.1 Å². The van der Waals surface area contributed by atoms with Crippen molar-refractivity contribution >= 4 is 50.4 Å². The first-order chi connectivity index (χ1) is 14.8. The van der Waals surface area contributed by atoms with Crippen LogP contribution in [0.1, 0.15) is 13.0 Å². The van der Waals surface area contributed by atoms with Crippen molar-refractivity contribution in [3.63, 3.8) is 0 Å². The molecule has 8 nitrogen and oxygen atoms in total. The molecule has 0 saturated carbocycles. The number of amides is 1. The largest absolute Gasteiger partial charge is 0.324 e. The summed E-state index contributed by atoms with van der Waals surface area (Å²) in [4.78, 5) is 41.2. The zero-order chi connectivity index (χ0) is 22.1. The summed E-state index contributed by atoms with van der Waals surface area (Å²) in [6.45, 7) is 1.61. The van der Waals surface area contributed by atoms with E-state index in [4.69, 9.17) is 11.6 Å². The van der Waals surface area contributed by atoms with Gasteiger partial charge in [-0.15, -0.1) is 11.3 Å². The zero-order valence-corrected chi connectivity index (χ0v) is 17.7. The highest BCUT2D eigenvalue weighted by Crippen LogP contribution is 2.32. The van der Waals surface area contributed by atoms with Gasteiger partial charge in [0.15, 0.2) is 0 Å². The lowest BCUT2D eigenvalue weighted by atomic mass is 10.1. The summed E-state index contributed by atoms with van der Waals surface area (Å²) >= 11 is 7.16. The Labute approximate surface area is 184 Å². The van der Waals surface area contributed by atoms with Crippen molar-refractivity contribution in [2.75, 3.05) is 5.32 Å². The van der Waals surface area contributed by atoms with Gasteiger partial charge in [-0.3, -0.25) is 24.3 Å². The van der Waals surface area contributed by atoms with Gasteiger partial charge in [-0.05, 0) is 48.9 Å². The van der Waals surface area contributed by atoms with Gasteiger partial charge in [-0.2, -0.15) is 0 Å². The molecule has 0 aliphatic heterocycles. The second-order valence-corrected chi connectivity index (χ2v) is 8.06. The predicted molar refractivity (Wildman–Crippen MR) is 121 cm³/mol. The maximum absolute atomic E-state index is 13.2. The molecule has 0 radical (unpaired) electrons. The van der Waals surface area contributed by atoms with Crippen LogP contribution in [-0.4, -0.2) is 20.4 Å². The Morgan fingerprint density at radius 3 is 2.52 bits per heavy atom. The molecule has 0 fully saturated rings. The summed E-state index contributed by atoms with van der Waals surface area (Å²) in [5, 5.41) is 16.3. The molecule has 2 aromatic heterocycles. The molecule has 1 atom stereocenters. The van der Waals surface area contributed by atoms with Gasteiger partial charge in [-0.25, -0.2) is 4.98 Å². The topological polar surface area (TPSA) is 107 Å². The molecule has 1 N–H and O–H groups in total. The van der Waals surface area contributed by atoms with Gasteiger partial charge in [0.25, 0.3) is 11.2 Å². The minimum absolute atomic E-state index is 0.0358. The number of nitro benzene ring substituents is 1. The van der Waals surface area contributed by atoms with Gasteiger partial charge in [-0.1, -0.05) is 11.6 Å². The average Bonchev–Trinajstić information content (AvgIpc) is 3.20. The molecule has 0 aliphatic carbocycles. The number of non-ortho nitro benzene ring substituents is 1. The molecule has 1 amide bonds. The Hall–Kier alpha value is -3.56. The average molecular weight is 455 g/mol. The van der Waals surface area contributed by atoms with Gasteiger partial charge < -0.3 is 5.32 Å². The van der Waals surface area contributed by atoms with Crippen LogP contribution in [0.2, 0.25) is 5.02 Å². The molecule has 0 bridgehead atoms. The Morgan fingerprint density at radius 1 is 1.19 bits per heavy atom. The number of anilines is 1. The number of aromatic nitrogens is 2. The second kappa shape index (κ2) is 8.29. The number of nitro groups is 1. The molecule has 4 rings (SSSR count). The van der Waals surface area contributed by atoms with Crippen LogP contribution in [0.5, 0.6) is 0 Å². The molecule has 156 valence electrons. The Balaban J connectivity index is 1.69. The fraction of sp³-hybridized carbons (Fsp3) is 0.0952. The number of thiophene rings is 1.